The van der Waals surface area contributed by atoms with E-state index in [2.05, 4.69) is 4.74 Å². The number of nitrogens with one attached hydrogen (secondary N) is 1. The van der Waals surface area contributed by atoms with E-state index in [1.807, 2.05) is 5.32 Å². The second kappa shape index (κ2) is 9.01. The summed E-state index contributed by atoms with van der Waals surface area (Å²) < 4.78 is 43.6. The van der Waals surface area contributed by atoms with Gasteiger partial charge in [-0.1, -0.05) is 23.7 Å². The number of hydrogen-bond donors (Lipinski definition) is 1. The fourth-order valence-electron chi connectivity index (χ4n) is 2.06. The molecule has 1 aromatic carbocycles. The molecule has 1 aromatic heterocycles. The number of esters is 1. The number of anilines is 1. The summed E-state index contributed by atoms with van der Waals surface area (Å²) in [7, 11) is 0. The highest BCUT2D eigenvalue weighted by molar-refractivity contribution is 7.12. The molecule has 0 unspecified atom stereocenters. The number of benzene rings is 1. The Morgan fingerprint density at radius 3 is 2.48 bits per heavy atom. The van der Waals surface area contributed by atoms with E-state index in [1.54, 1.807) is 17.5 Å². The Morgan fingerprint density at radius 2 is 1.85 bits per heavy atom. The fourth-order valence-corrected chi connectivity index (χ4v) is 2.97. The van der Waals surface area contributed by atoms with Gasteiger partial charge in [-0.15, -0.1) is 11.3 Å². The van der Waals surface area contributed by atoms with E-state index in [-0.39, 0.29) is 23.6 Å². The number of alkyl halides is 3. The summed E-state index contributed by atoms with van der Waals surface area (Å²) in [6.45, 7) is -0.797. The van der Waals surface area contributed by atoms with Crippen LogP contribution in [0.25, 0.3) is 0 Å². The Labute approximate surface area is 161 Å². The molecule has 0 aliphatic carbocycles. The average molecular weight is 420 g/mol. The summed E-state index contributed by atoms with van der Waals surface area (Å²) in [4.78, 5) is 35.7. The van der Waals surface area contributed by atoms with E-state index >= 15 is 0 Å². The van der Waals surface area contributed by atoms with Crippen LogP contribution in [-0.2, 0) is 20.5 Å². The van der Waals surface area contributed by atoms with Crippen LogP contribution in [0.2, 0.25) is 5.02 Å². The number of thiophene rings is 1. The molecule has 0 atom stereocenters. The standard InChI is InChI=1S/C17H13ClF3NO4S/c18-11-4-1-3-10(17(19,20)21)16(11)22-14(24)9-26-15(25)7-6-12(23)13-5-2-8-27-13/h1-5,8H,6-7,9H2,(H,22,24). The predicted molar refractivity (Wildman–Crippen MR) is 93.9 cm³/mol. The minimum atomic E-state index is -4.72. The van der Waals surface area contributed by atoms with Crippen LogP contribution < -0.4 is 5.32 Å². The van der Waals surface area contributed by atoms with E-state index in [9.17, 15) is 27.6 Å². The van der Waals surface area contributed by atoms with E-state index < -0.39 is 35.9 Å². The molecule has 27 heavy (non-hydrogen) atoms. The Hall–Kier alpha value is -2.39. The van der Waals surface area contributed by atoms with E-state index in [1.165, 1.54) is 17.4 Å². The monoisotopic (exact) mass is 419 g/mol. The fraction of sp³-hybridized carbons (Fsp3) is 0.235. The smallest absolute Gasteiger partial charge is 0.418 e. The number of amides is 1. The first-order valence-corrected chi connectivity index (χ1v) is 8.82. The van der Waals surface area contributed by atoms with E-state index in [0.717, 1.165) is 12.1 Å². The second-order valence-corrected chi connectivity index (χ2v) is 6.62. The van der Waals surface area contributed by atoms with Crippen molar-refractivity contribution in [1.29, 1.82) is 0 Å². The SMILES string of the molecule is O=C(COC(=O)CCC(=O)c1cccs1)Nc1c(Cl)cccc1C(F)(F)F. The molecule has 10 heteroatoms. The summed E-state index contributed by atoms with van der Waals surface area (Å²) in [6, 6.07) is 6.38. The Balaban J connectivity index is 1.86. The van der Waals surface area contributed by atoms with Gasteiger partial charge in [0.15, 0.2) is 12.4 Å². The van der Waals surface area contributed by atoms with Crippen molar-refractivity contribution in [3.63, 3.8) is 0 Å². The van der Waals surface area contributed by atoms with Gasteiger partial charge < -0.3 is 10.1 Å². The first-order valence-electron chi connectivity index (χ1n) is 7.56. The number of carbonyl (C=O) groups excluding carboxylic acids is 3. The lowest BCUT2D eigenvalue weighted by Crippen LogP contribution is -2.23. The van der Waals surface area contributed by atoms with Crippen molar-refractivity contribution < 1.29 is 32.3 Å². The van der Waals surface area contributed by atoms with Crippen molar-refractivity contribution in [2.45, 2.75) is 19.0 Å². The van der Waals surface area contributed by atoms with Gasteiger partial charge in [0.1, 0.15) is 0 Å². The van der Waals surface area contributed by atoms with E-state index in [4.69, 9.17) is 11.6 Å². The third-order valence-corrected chi connectivity index (χ3v) is 4.53. The molecule has 1 heterocycles. The molecule has 0 bridgehead atoms. The first-order chi connectivity index (χ1) is 12.7. The van der Waals surface area contributed by atoms with Crippen molar-refractivity contribution in [3.8, 4) is 0 Å². The van der Waals surface area contributed by atoms with Crippen LogP contribution >= 0.6 is 22.9 Å². The van der Waals surface area contributed by atoms with Crippen LogP contribution in [0.15, 0.2) is 35.7 Å². The van der Waals surface area contributed by atoms with E-state index in [0.29, 0.717) is 4.88 Å². The number of rotatable bonds is 7. The van der Waals surface area contributed by atoms with Crippen LogP contribution in [0.3, 0.4) is 0 Å². The van der Waals surface area contributed by atoms with Crippen molar-refractivity contribution in [1.82, 2.24) is 0 Å². The minimum absolute atomic E-state index is 0.0936. The molecule has 5 nitrogen and oxygen atoms in total. The molecule has 1 N–H and O–H groups in total. The summed E-state index contributed by atoms with van der Waals surface area (Å²) in [5, 5.41) is 3.42. The molecular formula is C17H13ClF3NO4S. The van der Waals surface area contributed by atoms with Gasteiger partial charge in [0.05, 0.1) is 27.6 Å². The molecule has 0 aliphatic rings. The number of carbonyl (C=O) groups is 3. The maximum Gasteiger partial charge on any atom is 0.418 e. The lowest BCUT2D eigenvalue weighted by atomic mass is 10.1. The molecule has 0 radical (unpaired) electrons. The Bertz CT molecular complexity index is 837. The normalized spacial score (nSPS) is 11.1. The van der Waals surface area contributed by atoms with Gasteiger partial charge in [-0.3, -0.25) is 14.4 Å². The number of ketones is 1. The van der Waals surface area contributed by atoms with Crippen LogP contribution in [0.5, 0.6) is 0 Å². The summed E-state index contributed by atoms with van der Waals surface area (Å²) in [5.74, 6) is -2.03. The summed E-state index contributed by atoms with van der Waals surface area (Å²) >= 11 is 6.95. The molecule has 1 amide bonds. The Kier molecular flexibility index (Phi) is 6.98. The van der Waals surface area contributed by atoms with Gasteiger partial charge >= 0.3 is 12.1 Å². The highest BCUT2D eigenvalue weighted by atomic mass is 35.5. The summed E-state index contributed by atoms with van der Waals surface area (Å²) in [6.07, 6.45) is -5.06. The van der Waals surface area contributed by atoms with Crippen molar-refractivity contribution >= 4 is 46.3 Å². The van der Waals surface area contributed by atoms with Gasteiger partial charge in [-0.05, 0) is 23.6 Å². The number of hydrogen-bond acceptors (Lipinski definition) is 5. The highest BCUT2D eigenvalue weighted by Crippen LogP contribution is 2.38. The lowest BCUT2D eigenvalue weighted by molar-refractivity contribution is -0.147. The molecule has 2 rings (SSSR count). The van der Waals surface area contributed by atoms with Crippen LogP contribution in [0.1, 0.15) is 28.1 Å². The van der Waals surface area contributed by atoms with Crippen LogP contribution in [-0.4, -0.2) is 24.3 Å². The van der Waals surface area contributed by atoms with Gasteiger partial charge in [-0.2, -0.15) is 13.2 Å². The van der Waals surface area contributed by atoms with Crippen molar-refractivity contribution in [2.75, 3.05) is 11.9 Å². The molecule has 144 valence electrons. The zero-order valence-corrected chi connectivity index (χ0v) is 15.2. The van der Waals surface area contributed by atoms with Gasteiger partial charge in [0.25, 0.3) is 5.91 Å². The zero-order chi connectivity index (χ0) is 20.0. The van der Waals surface area contributed by atoms with Crippen LogP contribution in [0, 0.1) is 0 Å². The van der Waals surface area contributed by atoms with Crippen LogP contribution in [0.4, 0.5) is 18.9 Å². The zero-order valence-electron chi connectivity index (χ0n) is 13.6. The lowest BCUT2D eigenvalue weighted by Gasteiger charge is -2.15. The van der Waals surface area contributed by atoms with Gasteiger partial charge in [0, 0.05) is 6.42 Å². The maximum absolute atomic E-state index is 13.0. The predicted octanol–water partition coefficient (Wildman–Crippen LogP) is 4.57. The summed E-state index contributed by atoms with van der Waals surface area (Å²) in [5.41, 5.74) is -1.73. The van der Waals surface area contributed by atoms with Crippen molar-refractivity contribution in [2.24, 2.45) is 0 Å². The number of ether oxygens (including phenoxy) is 1. The molecule has 0 spiro atoms. The van der Waals surface area contributed by atoms with Gasteiger partial charge in [-0.25, -0.2) is 0 Å². The quantitative estimate of drug-likeness (QED) is 0.527. The molecule has 0 fully saturated rings. The highest BCUT2D eigenvalue weighted by Gasteiger charge is 2.34. The topological polar surface area (TPSA) is 72.5 Å². The van der Waals surface area contributed by atoms with Gasteiger partial charge in [0.2, 0.25) is 0 Å². The third-order valence-electron chi connectivity index (χ3n) is 3.30. The number of halogens is 4. The largest absolute Gasteiger partial charge is 0.456 e. The second-order valence-electron chi connectivity index (χ2n) is 5.27. The molecular weight excluding hydrogens is 407 g/mol. The number of para-hydroxylation sites is 1. The molecule has 0 saturated carbocycles. The number of Topliss-reactive ketones (excluding diaryl/α,β-unsaturated/α-hetero) is 1. The molecule has 2 aromatic rings. The third kappa shape index (κ3) is 6.07. The molecule has 0 saturated heterocycles. The minimum Gasteiger partial charge on any atom is -0.456 e. The maximum atomic E-state index is 13.0. The molecule has 0 aliphatic heterocycles. The average Bonchev–Trinajstić information content (AvgIpc) is 3.13. The first kappa shape index (κ1) is 20.9. The Morgan fingerprint density at radius 1 is 1.11 bits per heavy atom. The van der Waals surface area contributed by atoms with Crippen molar-refractivity contribution in [3.05, 3.63) is 51.2 Å².